The van der Waals surface area contributed by atoms with Gasteiger partial charge in [0, 0.05) is 0 Å². The van der Waals surface area contributed by atoms with Gasteiger partial charge in [-0.3, -0.25) is 0 Å². The lowest BCUT2D eigenvalue weighted by Gasteiger charge is -2.54. The molecular weight excluding hydrogens is 829 g/mol. The summed E-state index contributed by atoms with van der Waals surface area (Å²) < 4.78 is 0. The van der Waals surface area contributed by atoms with E-state index in [4.69, 9.17) is 0 Å². The minimum Gasteiger partial charge on any atom is -0.106 e. The van der Waals surface area contributed by atoms with Crippen molar-refractivity contribution in [2.45, 2.75) is 222 Å². The van der Waals surface area contributed by atoms with E-state index in [1.54, 1.807) is 6.08 Å². The Morgan fingerprint density at radius 2 is 0.464 bits per heavy atom. The van der Waals surface area contributed by atoms with Gasteiger partial charge in [-0.05, 0) is 179 Å². The maximum Gasteiger partial charge on any atom is -0.0169 e. The second-order valence-electron chi connectivity index (χ2n) is 27.3. The summed E-state index contributed by atoms with van der Waals surface area (Å²) in [6, 6.07) is 0. The van der Waals surface area contributed by atoms with E-state index in [1.807, 2.05) is 13.0 Å². The van der Waals surface area contributed by atoms with Gasteiger partial charge in [0.25, 0.3) is 0 Å². The first kappa shape index (κ1) is 74.5. The van der Waals surface area contributed by atoms with Crippen molar-refractivity contribution in [3.05, 3.63) is 51.1 Å². The monoisotopic (exact) mass is 967 g/mol. The molecule has 0 aliphatic carbocycles. The van der Waals surface area contributed by atoms with Crippen molar-refractivity contribution in [3.63, 3.8) is 0 Å². The highest BCUT2D eigenvalue weighted by Gasteiger charge is 2.50. The first-order valence-corrected chi connectivity index (χ1v) is 29.9. The van der Waals surface area contributed by atoms with Gasteiger partial charge in [0.1, 0.15) is 0 Å². The van der Waals surface area contributed by atoms with Crippen LogP contribution >= 0.6 is 0 Å². The standard InChI is InChI=1S/C55H110.C9H18.C3H6.C2H4/c1-29-49(50(34(10)11)35(12)13)53(45(25)39(19)31(4)5)47(27)44(24)48(28)54(40(20)32(6)7)55(41(21)33(8)9)52(37(16)17)51(36(14)15)46(26)43(23)42(22)38(18)30(2)3;1-6-8(4)9(5)7(2)3;1-3-2;1-2/h29-55H,1H2,2-28H3;6-9H,1H2,2-5H3;3H,1H2,2H3;1-2H2. The molecule has 0 aliphatic heterocycles. The van der Waals surface area contributed by atoms with Gasteiger partial charge in [-0.25, -0.2) is 0 Å². The second-order valence-corrected chi connectivity index (χ2v) is 27.3. The van der Waals surface area contributed by atoms with Gasteiger partial charge in [0.05, 0.1) is 0 Å². The lowest BCUT2D eigenvalue weighted by Crippen LogP contribution is -2.49. The zero-order valence-electron chi connectivity index (χ0n) is 54.0. The lowest BCUT2D eigenvalue weighted by molar-refractivity contribution is -0.0625. The molecule has 0 N–H and O–H groups in total. The summed E-state index contributed by atoms with van der Waals surface area (Å²) in [5.74, 6) is 19.4. The third-order valence-corrected chi connectivity index (χ3v) is 20.7. The molecule has 0 aromatic carbocycles. The smallest absolute Gasteiger partial charge is 0.0169 e. The van der Waals surface area contributed by atoms with Crippen LogP contribution in [0.15, 0.2) is 51.1 Å². The number of hydrogen-bond acceptors (Lipinski definition) is 0. The van der Waals surface area contributed by atoms with Crippen molar-refractivity contribution in [1.29, 1.82) is 0 Å². The summed E-state index contributed by atoms with van der Waals surface area (Å²) in [4.78, 5) is 0. The SMILES string of the molecule is C=C.C=CC.C=CC(C(C(C)C)C(C)C)C(C(C)C(C)C(C)C)C(C)C(C)C(C)C(C(C)C(C)C)C(C(C)C(C)C)C(C(C)C)C(C(C)C)C(C)C(C)C(C)C(C)C(C)C.C=CC(C)C(C)C(C)C. The van der Waals surface area contributed by atoms with Crippen LogP contribution in [0.5, 0.6) is 0 Å². The summed E-state index contributed by atoms with van der Waals surface area (Å²) in [6.45, 7) is 98.0. The van der Waals surface area contributed by atoms with Crippen LogP contribution in [0.2, 0.25) is 0 Å². The van der Waals surface area contributed by atoms with Crippen molar-refractivity contribution in [1.82, 2.24) is 0 Å². The highest BCUT2D eigenvalue weighted by Crippen LogP contribution is 2.55. The molecular formula is C69H138. The van der Waals surface area contributed by atoms with E-state index in [1.165, 1.54) is 0 Å². The van der Waals surface area contributed by atoms with Crippen molar-refractivity contribution in [2.75, 3.05) is 0 Å². The zero-order chi connectivity index (χ0) is 55.9. The van der Waals surface area contributed by atoms with Gasteiger partial charge in [0.2, 0.25) is 0 Å². The molecule has 0 aromatic heterocycles. The van der Waals surface area contributed by atoms with E-state index in [0.717, 1.165) is 29.6 Å². The molecule has 0 rings (SSSR count). The van der Waals surface area contributed by atoms with Crippen molar-refractivity contribution in [2.24, 2.45) is 172 Å². The van der Waals surface area contributed by atoms with Gasteiger partial charge in [-0.2, -0.15) is 0 Å². The number of rotatable bonds is 29. The molecule has 19 unspecified atom stereocenters. The van der Waals surface area contributed by atoms with Crippen LogP contribution in [0.4, 0.5) is 0 Å². The molecule has 0 heteroatoms. The summed E-state index contributed by atoms with van der Waals surface area (Å²) in [5, 5.41) is 0. The fraction of sp³-hybridized carbons (Fsp3) is 0.884. The topological polar surface area (TPSA) is 0 Å². The van der Waals surface area contributed by atoms with Gasteiger partial charge < -0.3 is 0 Å². The minimum absolute atomic E-state index is 0.526. The molecule has 0 spiro atoms. The number of allylic oxidation sites excluding steroid dienone is 3. The van der Waals surface area contributed by atoms with Crippen LogP contribution in [-0.4, -0.2) is 0 Å². The molecule has 0 aromatic rings. The van der Waals surface area contributed by atoms with Crippen LogP contribution in [0.3, 0.4) is 0 Å². The van der Waals surface area contributed by atoms with Crippen LogP contribution in [0, 0.1) is 172 Å². The third kappa shape index (κ3) is 22.9. The molecule has 19 atom stereocenters. The lowest BCUT2D eigenvalue weighted by atomic mass is 9.51. The van der Waals surface area contributed by atoms with Gasteiger partial charge >= 0.3 is 0 Å². The number of hydrogen-bond donors (Lipinski definition) is 0. The summed E-state index contributed by atoms with van der Waals surface area (Å²) >= 11 is 0. The van der Waals surface area contributed by atoms with E-state index in [-0.39, 0.29) is 0 Å². The molecule has 0 radical (unpaired) electrons. The van der Waals surface area contributed by atoms with Gasteiger partial charge in [0.15, 0.2) is 0 Å². The zero-order valence-corrected chi connectivity index (χ0v) is 54.0. The van der Waals surface area contributed by atoms with Gasteiger partial charge in [-0.1, -0.05) is 233 Å². The predicted molar refractivity (Wildman–Crippen MR) is 325 cm³/mol. The van der Waals surface area contributed by atoms with Crippen molar-refractivity contribution < 1.29 is 0 Å². The Morgan fingerprint density at radius 1 is 0.217 bits per heavy atom. The maximum atomic E-state index is 4.64. The first-order chi connectivity index (χ1) is 31.5. The Labute approximate surface area is 442 Å². The van der Waals surface area contributed by atoms with E-state index in [0.29, 0.717) is 142 Å². The summed E-state index contributed by atoms with van der Waals surface area (Å²) in [6.07, 6.45) is 6.21. The van der Waals surface area contributed by atoms with E-state index in [9.17, 15) is 0 Å². The molecule has 0 aliphatic rings. The quantitative estimate of drug-likeness (QED) is 0.0656. The molecule has 414 valence electrons. The Kier molecular flexibility index (Phi) is 39.7. The van der Waals surface area contributed by atoms with E-state index >= 15 is 0 Å². The second kappa shape index (κ2) is 36.8. The predicted octanol–water partition coefficient (Wildman–Crippen LogP) is 22.8. The molecule has 69 heavy (non-hydrogen) atoms. The van der Waals surface area contributed by atoms with Crippen LogP contribution in [0.1, 0.15) is 222 Å². The fourth-order valence-electron chi connectivity index (χ4n) is 13.9. The highest BCUT2D eigenvalue weighted by atomic mass is 14.5. The average Bonchev–Trinajstić information content (AvgIpc) is 3.27. The van der Waals surface area contributed by atoms with Crippen LogP contribution < -0.4 is 0 Å². The van der Waals surface area contributed by atoms with E-state index in [2.05, 4.69) is 254 Å². The molecule has 0 nitrogen and oxygen atoms in total. The highest BCUT2D eigenvalue weighted by molar-refractivity contribution is 5.00. The molecule has 0 saturated heterocycles. The molecule has 0 bridgehead atoms. The summed E-state index contributed by atoms with van der Waals surface area (Å²) in [5.41, 5.74) is 0. The van der Waals surface area contributed by atoms with Crippen molar-refractivity contribution in [3.8, 4) is 0 Å². The Balaban J connectivity index is -0.00000131. The van der Waals surface area contributed by atoms with Crippen molar-refractivity contribution >= 4 is 0 Å². The Hall–Kier alpha value is -1.04. The maximum absolute atomic E-state index is 4.64. The molecule has 0 saturated carbocycles. The molecule has 0 fully saturated rings. The largest absolute Gasteiger partial charge is 0.106 e. The minimum atomic E-state index is 0.526. The fourth-order valence-corrected chi connectivity index (χ4v) is 13.9. The van der Waals surface area contributed by atoms with Crippen LogP contribution in [-0.2, 0) is 0 Å². The Bertz CT molecular complexity index is 1250. The van der Waals surface area contributed by atoms with Gasteiger partial charge in [-0.15, -0.1) is 32.9 Å². The molecule has 0 heterocycles. The summed E-state index contributed by atoms with van der Waals surface area (Å²) in [7, 11) is 0. The average molecular weight is 968 g/mol. The van der Waals surface area contributed by atoms with E-state index < -0.39 is 0 Å². The molecule has 0 amide bonds. The first-order valence-electron chi connectivity index (χ1n) is 29.9. The Morgan fingerprint density at radius 3 is 0.739 bits per heavy atom. The van der Waals surface area contributed by atoms with Crippen LogP contribution in [0.25, 0.3) is 0 Å². The normalized spacial score (nSPS) is 20.7. The third-order valence-electron chi connectivity index (χ3n) is 20.7.